The lowest BCUT2D eigenvalue weighted by Crippen LogP contribution is -2.54. The zero-order chi connectivity index (χ0) is 19.9. The van der Waals surface area contributed by atoms with Gasteiger partial charge >= 0.3 is 0 Å². The van der Waals surface area contributed by atoms with E-state index in [2.05, 4.69) is 17.2 Å². The Morgan fingerprint density at radius 1 is 1.21 bits per heavy atom. The van der Waals surface area contributed by atoms with Gasteiger partial charge < -0.3 is 15.5 Å². The van der Waals surface area contributed by atoms with Crippen LogP contribution in [0.1, 0.15) is 48.2 Å². The molecule has 2 heterocycles. The van der Waals surface area contributed by atoms with Gasteiger partial charge in [0.1, 0.15) is 6.04 Å². The molecule has 7 heteroatoms. The van der Waals surface area contributed by atoms with Gasteiger partial charge in [0.2, 0.25) is 11.8 Å². The average molecular weight is 404 g/mol. The summed E-state index contributed by atoms with van der Waals surface area (Å²) in [5.41, 5.74) is 0. The monoisotopic (exact) mass is 403 g/mol. The van der Waals surface area contributed by atoms with Crippen LogP contribution in [0.5, 0.6) is 0 Å². The predicted molar refractivity (Wildman–Crippen MR) is 110 cm³/mol. The van der Waals surface area contributed by atoms with E-state index in [4.69, 9.17) is 0 Å². The van der Waals surface area contributed by atoms with E-state index in [0.717, 1.165) is 38.5 Å². The first kappa shape index (κ1) is 20.6. The van der Waals surface area contributed by atoms with Crippen molar-refractivity contribution in [1.82, 2.24) is 15.5 Å². The van der Waals surface area contributed by atoms with E-state index in [1.807, 2.05) is 16.3 Å². The van der Waals surface area contributed by atoms with Gasteiger partial charge in [-0.05, 0) is 43.0 Å². The Balaban J connectivity index is 1.61. The molecule has 0 radical (unpaired) electrons. The molecular weight excluding hydrogens is 374 g/mol. The number of piperidine rings is 1. The van der Waals surface area contributed by atoms with E-state index in [-0.39, 0.29) is 29.6 Å². The van der Waals surface area contributed by atoms with Crippen LogP contribution < -0.4 is 10.6 Å². The molecule has 28 heavy (non-hydrogen) atoms. The van der Waals surface area contributed by atoms with Gasteiger partial charge in [0.15, 0.2) is 0 Å². The number of nitrogens with zero attached hydrogens (tertiary/aromatic N) is 1. The Morgan fingerprint density at radius 3 is 2.54 bits per heavy atom. The smallest absolute Gasteiger partial charge is 0.262 e. The molecule has 2 aliphatic rings. The highest BCUT2D eigenvalue weighted by Crippen LogP contribution is 2.29. The number of amides is 3. The highest BCUT2D eigenvalue weighted by atomic mass is 32.1. The molecule has 0 bridgehead atoms. The maximum atomic E-state index is 12.7. The number of thiophene rings is 1. The van der Waals surface area contributed by atoms with Gasteiger partial charge in [-0.2, -0.15) is 0 Å². The summed E-state index contributed by atoms with van der Waals surface area (Å²) < 4.78 is 0. The first-order chi connectivity index (χ1) is 13.6. The molecule has 1 aromatic rings. The Hall–Kier alpha value is -2.15. The molecule has 6 nitrogen and oxygen atoms in total. The van der Waals surface area contributed by atoms with Gasteiger partial charge in [0, 0.05) is 25.6 Å². The largest absolute Gasteiger partial charge is 0.351 e. The maximum absolute atomic E-state index is 12.7. The molecule has 1 atom stereocenters. The second kappa shape index (κ2) is 9.87. The van der Waals surface area contributed by atoms with Crippen LogP contribution in [0.4, 0.5) is 0 Å². The van der Waals surface area contributed by atoms with Crippen LogP contribution in [0, 0.1) is 11.8 Å². The average Bonchev–Trinajstić information content (AvgIpc) is 3.44. The molecule has 3 amide bonds. The number of carbonyl (C=O) groups excluding carboxylic acids is 3. The first-order valence-electron chi connectivity index (χ1n) is 10.1. The standard InChI is InChI=1S/C21H29N3O3S/c1-2-11-22-20(26)18(23-19(25)17-8-5-14-28-17)15-9-12-24(13-10-15)21(27)16-6-3-4-7-16/h2,5,8,14-16,18H,1,3-4,6-7,9-13H2,(H,22,26)(H,23,25). The molecule has 1 saturated heterocycles. The highest BCUT2D eigenvalue weighted by molar-refractivity contribution is 7.12. The lowest BCUT2D eigenvalue weighted by atomic mass is 9.88. The Morgan fingerprint density at radius 2 is 1.93 bits per heavy atom. The van der Waals surface area contributed by atoms with Crippen molar-refractivity contribution in [2.75, 3.05) is 19.6 Å². The van der Waals surface area contributed by atoms with Gasteiger partial charge in [-0.1, -0.05) is 25.0 Å². The molecule has 2 N–H and O–H groups in total. The number of carbonyl (C=O) groups is 3. The normalized spacial score (nSPS) is 19.2. The molecule has 0 aromatic carbocycles. The molecule has 2 fully saturated rings. The Kier molecular flexibility index (Phi) is 7.25. The van der Waals surface area contributed by atoms with Gasteiger partial charge in [0.25, 0.3) is 5.91 Å². The molecule has 1 aliphatic heterocycles. The van der Waals surface area contributed by atoms with Crippen LogP contribution in [0.3, 0.4) is 0 Å². The fraction of sp³-hybridized carbons (Fsp3) is 0.571. The van der Waals surface area contributed by atoms with Crippen molar-refractivity contribution in [1.29, 1.82) is 0 Å². The van der Waals surface area contributed by atoms with Gasteiger partial charge in [-0.25, -0.2) is 0 Å². The summed E-state index contributed by atoms with van der Waals surface area (Å²) >= 11 is 1.35. The van der Waals surface area contributed by atoms with Gasteiger partial charge in [-0.3, -0.25) is 14.4 Å². The third kappa shape index (κ3) is 5.01. The van der Waals surface area contributed by atoms with Gasteiger partial charge in [-0.15, -0.1) is 17.9 Å². The minimum absolute atomic E-state index is 0.0151. The predicted octanol–water partition coefficient (Wildman–Crippen LogP) is 2.58. The van der Waals surface area contributed by atoms with E-state index in [1.165, 1.54) is 11.3 Å². The molecule has 3 rings (SSSR count). The molecule has 1 aromatic heterocycles. The molecule has 0 spiro atoms. The lowest BCUT2D eigenvalue weighted by molar-refractivity contribution is -0.137. The summed E-state index contributed by atoms with van der Waals surface area (Å²) in [7, 11) is 0. The van der Waals surface area contributed by atoms with Crippen molar-refractivity contribution >= 4 is 29.1 Å². The van der Waals surface area contributed by atoms with Crippen LogP contribution >= 0.6 is 11.3 Å². The zero-order valence-electron chi connectivity index (χ0n) is 16.2. The van der Waals surface area contributed by atoms with E-state index < -0.39 is 6.04 Å². The van der Waals surface area contributed by atoms with E-state index in [9.17, 15) is 14.4 Å². The fourth-order valence-corrected chi connectivity index (χ4v) is 4.81. The van der Waals surface area contributed by atoms with Crippen LogP contribution in [0.2, 0.25) is 0 Å². The zero-order valence-corrected chi connectivity index (χ0v) is 17.0. The number of hydrogen-bond acceptors (Lipinski definition) is 4. The van der Waals surface area contributed by atoms with Crippen molar-refractivity contribution in [2.24, 2.45) is 11.8 Å². The molecular formula is C21H29N3O3S. The third-order valence-electron chi connectivity index (χ3n) is 5.76. The SMILES string of the molecule is C=CCNC(=O)C(NC(=O)c1cccs1)C1CCN(C(=O)C2CCCC2)CC1. The number of nitrogens with one attached hydrogen (secondary N) is 2. The summed E-state index contributed by atoms with van der Waals surface area (Å²) in [6.07, 6.45) is 7.36. The van der Waals surface area contributed by atoms with E-state index >= 15 is 0 Å². The molecule has 1 aliphatic carbocycles. The van der Waals surface area contributed by atoms with Crippen molar-refractivity contribution in [2.45, 2.75) is 44.6 Å². The number of rotatable bonds is 7. The quantitative estimate of drug-likeness (QED) is 0.687. The van der Waals surface area contributed by atoms with Crippen molar-refractivity contribution in [3.8, 4) is 0 Å². The summed E-state index contributed by atoms with van der Waals surface area (Å²) in [4.78, 5) is 40.4. The van der Waals surface area contributed by atoms with Gasteiger partial charge in [0.05, 0.1) is 4.88 Å². The second-order valence-electron chi connectivity index (χ2n) is 7.61. The maximum Gasteiger partial charge on any atom is 0.262 e. The van der Waals surface area contributed by atoms with Crippen molar-refractivity contribution < 1.29 is 14.4 Å². The second-order valence-corrected chi connectivity index (χ2v) is 8.55. The topological polar surface area (TPSA) is 78.5 Å². The summed E-state index contributed by atoms with van der Waals surface area (Å²) in [6, 6.07) is 2.97. The van der Waals surface area contributed by atoms with Crippen LogP contribution in [0.25, 0.3) is 0 Å². The molecule has 152 valence electrons. The first-order valence-corrected chi connectivity index (χ1v) is 11.0. The Bertz CT molecular complexity index is 690. The van der Waals surface area contributed by atoms with Crippen molar-refractivity contribution in [3.05, 3.63) is 35.0 Å². The van der Waals surface area contributed by atoms with Crippen LogP contribution in [0.15, 0.2) is 30.2 Å². The number of hydrogen-bond donors (Lipinski definition) is 2. The lowest BCUT2D eigenvalue weighted by Gasteiger charge is -2.36. The van der Waals surface area contributed by atoms with E-state index in [0.29, 0.717) is 24.5 Å². The summed E-state index contributed by atoms with van der Waals surface area (Å²) in [5, 5.41) is 7.57. The van der Waals surface area contributed by atoms with E-state index in [1.54, 1.807) is 12.1 Å². The highest BCUT2D eigenvalue weighted by Gasteiger charge is 2.35. The van der Waals surface area contributed by atoms with Crippen LogP contribution in [-0.4, -0.2) is 48.3 Å². The Labute approximate surface area is 170 Å². The summed E-state index contributed by atoms with van der Waals surface area (Å²) in [6.45, 7) is 5.30. The van der Waals surface area contributed by atoms with Crippen LogP contribution in [-0.2, 0) is 9.59 Å². The molecule has 1 saturated carbocycles. The number of likely N-dealkylation sites (tertiary alicyclic amines) is 1. The molecule has 1 unspecified atom stereocenters. The van der Waals surface area contributed by atoms with Crippen molar-refractivity contribution in [3.63, 3.8) is 0 Å². The fourth-order valence-electron chi connectivity index (χ4n) is 4.18. The third-order valence-corrected chi connectivity index (χ3v) is 6.63. The minimum Gasteiger partial charge on any atom is -0.351 e. The minimum atomic E-state index is -0.599. The summed E-state index contributed by atoms with van der Waals surface area (Å²) in [5.74, 6) is 0.0537.